The third kappa shape index (κ3) is 6.55. The van der Waals surface area contributed by atoms with Gasteiger partial charge < -0.3 is 35.6 Å². The zero-order chi connectivity index (χ0) is 29.8. The molecule has 2 heterocycles. The SMILES string of the molecule is CC1CC(C(=O)Nc2ccc(Nc3ccc(NC(=O)c4cccn4C)cc3)c(C(=O)O)c2)=CC=C1N1CCC(O)CC1. The van der Waals surface area contributed by atoms with E-state index < -0.39 is 5.97 Å². The molecule has 2 aromatic carbocycles. The fourth-order valence-electron chi connectivity index (χ4n) is 5.37. The second kappa shape index (κ2) is 12.4. The number of hydrogen-bond acceptors (Lipinski definition) is 6. The first-order valence-electron chi connectivity index (χ1n) is 14.0. The highest BCUT2D eigenvalue weighted by atomic mass is 16.4. The van der Waals surface area contributed by atoms with Crippen LogP contribution in [0.1, 0.15) is 47.0 Å². The number of hydrogen-bond donors (Lipinski definition) is 5. The normalized spacial score (nSPS) is 17.2. The summed E-state index contributed by atoms with van der Waals surface area (Å²) < 4.78 is 1.73. The molecule has 3 aromatic rings. The quantitative estimate of drug-likeness (QED) is 0.259. The molecule has 0 saturated carbocycles. The number of aliphatic hydroxyl groups is 1. The topological polar surface area (TPSA) is 136 Å². The number of aromatic carboxylic acids is 1. The Hall–Kier alpha value is -4.83. The molecular formula is C32H35N5O5. The number of anilines is 4. The van der Waals surface area contributed by atoms with E-state index in [1.54, 1.807) is 66.3 Å². The van der Waals surface area contributed by atoms with E-state index in [2.05, 4.69) is 27.8 Å². The Balaban J connectivity index is 1.23. The molecule has 2 aliphatic rings. The standard InChI is InChI=1S/C32H35N5O5/c1-20-18-21(5-12-28(20)37-16-13-25(38)14-17-37)30(39)35-24-10-11-27(26(19-24)32(41)42)33-22-6-8-23(9-7-22)34-31(40)29-4-3-15-36(29)2/h3-12,15,19-20,25,33,38H,13-14,16-18H2,1-2H3,(H,34,40)(H,35,39)(H,41,42). The highest BCUT2D eigenvalue weighted by molar-refractivity contribution is 6.06. The second-order valence-electron chi connectivity index (χ2n) is 10.8. The van der Waals surface area contributed by atoms with E-state index in [1.165, 1.54) is 11.8 Å². The molecule has 0 spiro atoms. The molecule has 1 aliphatic carbocycles. The number of amides is 2. The smallest absolute Gasteiger partial charge is 0.337 e. The van der Waals surface area contributed by atoms with E-state index in [0.717, 1.165) is 25.9 Å². The van der Waals surface area contributed by atoms with Crippen molar-refractivity contribution in [2.75, 3.05) is 29.0 Å². The first-order valence-corrected chi connectivity index (χ1v) is 14.0. The van der Waals surface area contributed by atoms with Crippen LogP contribution in [-0.4, -0.2) is 56.7 Å². The molecule has 1 aliphatic heterocycles. The van der Waals surface area contributed by atoms with E-state index in [0.29, 0.717) is 40.4 Å². The minimum absolute atomic E-state index is 0.00865. The zero-order valence-corrected chi connectivity index (χ0v) is 23.6. The molecule has 1 atom stereocenters. The van der Waals surface area contributed by atoms with E-state index in [9.17, 15) is 24.6 Å². The predicted molar refractivity (Wildman–Crippen MR) is 162 cm³/mol. The van der Waals surface area contributed by atoms with Crippen LogP contribution in [0.25, 0.3) is 0 Å². The highest BCUT2D eigenvalue weighted by Gasteiger charge is 2.26. The van der Waals surface area contributed by atoms with Crippen molar-refractivity contribution < 1.29 is 24.6 Å². The van der Waals surface area contributed by atoms with Crippen molar-refractivity contribution >= 4 is 40.5 Å². The first kappa shape index (κ1) is 28.7. The first-order chi connectivity index (χ1) is 20.2. The van der Waals surface area contributed by atoms with Gasteiger partial charge in [0, 0.05) is 60.6 Å². The van der Waals surface area contributed by atoms with Crippen LogP contribution in [-0.2, 0) is 11.8 Å². The van der Waals surface area contributed by atoms with Crippen molar-refractivity contribution in [3.05, 3.63) is 95.5 Å². The van der Waals surface area contributed by atoms with Gasteiger partial charge in [-0.05, 0) is 79.9 Å². The average Bonchev–Trinajstić information content (AvgIpc) is 3.41. The monoisotopic (exact) mass is 569 g/mol. The Morgan fingerprint density at radius 1 is 0.881 bits per heavy atom. The number of carbonyl (C=O) groups excluding carboxylic acids is 2. The molecule has 0 bridgehead atoms. The van der Waals surface area contributed by atoms with Crippen molar-refractivity contribution in [3.8, 4) is 0 Å². The summed E-state index contributed by atoms with van der Waals surface area (Å²) in [7, 11) is 1.79. The minimum Gasteiger partial charge on any atom is -0.478 e. The van der Waals surface area contributed by atoms with E-state index in [1.807, 2.05) is 12.2 Å². The molecule has 0 radical (unpaired) electrons. The van der Waals surface area contributed by atoms with Gasteiger partial charge in [-0.2, -0.15) is 0 Å². The molecule has 2 amide bonds. The Labute approximate surface area is 244 Å². The molecule has 1 aromatic heterocycles. The van der Waals surface area contributed by atoms with Crippen LogP contribution in [0.2, 0.25) is 0 Å². The summed E-state index contributed by atoms with van der Waals surface area (Å²) in [5, 5.41) is 28.5. The van der Waals surface area contributed by atoms with Crippen LogP contribution < -0.4 is 16.0 Å². The lowest BCUT2D eigenvalue weighted by atomic mass is 9.90. The van der Waals surface area contributed by atoms with E-state index in [4.69, 9.17) is 0 Å². The molecule has 1 saturated heterocycles. The van der Waals surface area contributed by atoms with Crippen molar-refractivity contribution in [3.63, 3.8) is 0 Å². The zero-order valence-electron chi connectivity index (χ0n) is 23.6. The molecule has 42 heavy (non-hydrogen) atoms. The van der Waals surface area contributed by atoms with Gasteiger partial charge in [0.15, 0.2) is 0 Å². The molecule has 218 valence electrons. The van der Waals surface area contributed by atoms with Crippen LogP contribution in [0, 0.1) is 5.92 Å². The number of rotatable bonds is 8. The third-order valence-electron chi connectivity index (χ3n) is 7.71. The number of nitrogens with zero attached hydrogens (tertiary/aromatic N) is 2. The number of aromatic nitrogens is 1. The predicted octanol–water partition coefficient (Wildman–Crippen LogP) is 4.96. The maximum atomic E-state index is 13.0. The lowest BCUT2D eigenvalue weighted by molar-refractivity contribution is -0.113. The largest absolute Gasteiger partial charge is 0.478 e. The summed E-state index contributed by atoms with van der Waals surface area (Å²) in [6.45, 7) is 3.70. The third-order valence-corrected chi connectivity index (χ3v) is 7.71. The van der Waals surface area contributed by atoms with Gasteiger partial charge in [-0.1, -0.05) is 13.0 Å². The average molecular weight is 570 g/mol. The van der Waals surface area contributed by atoms with E-state index >= 15 is 0 Å². The number of aliphatic hydroxyl groups excluding tert-OH is 1. The van der Waals surface area contributed by atoms with Crippen LogP contribution >= 0.6 is 0 Å². The Morgan fingerprint density at radius 3 is 2.19 bits per heavy atom. The second-order valence-corrected chi connectivity index (χ2v) is 10.8. The van der Waals surface area contributed by atoms with Gasteiger partial charge in [0.25, 0.3) is 11.8 Å². The van der Waals surface area contributed by atoms with Crippen LogP contribution in [0.3, 0.4) is 0 Å². The molecular weight excluding hydrogens is 534 g/mol. The number of piperidine rings is 1. The Morgan fingerprint density at radius 2 is 1.55 bits per heavy atom. The molecule has 5 rings (SSSR count). The van der Waals surface area contributed by atoms with Gasteiger partial charge in [-0.3, -0.25) is 9.59 Å². The van der Waals surface area contributed by atoms with Gasteiger partial charge in [0.2, 0.25) is 0 Å². The van der Waals surface area contributed by atoms with E-state index in [-0.39, 0.29) is 29.4 Å². The molecule has 1 unspecified atom stereocenters. The number of carbonyl (C=O) groups is 3. The fourth-order valence-corrected chi connectivity index (χ4v) is 5.37. The summed E-state index contributed by atoms with van der Waals surface area (Å²) in [5.41, 5.74) is 4.33. The molecule has 10 heteroatoms. The van der Waals surface area contributed by atoms with Crippen LogP contribution in [0.5, 0.6) is 0 Å². The molecule has 10 nitrogen and oxygen atoms in total. The number of carboxylic acids is 1. The Bertz CT molecular complexity index is 1550. The van der Waals surface area contributed by atoms with Crippen LogP contribution in [0.4, 0.5) is 22.7 Å². The van der Waals surface area contributed by atoms with Gasteiger partial charge in [0.05, 0.1) is 17.4 Å². The van der Waals surface area contributed by atoms with Crippen molar-refractivity contribution in [1.29, 1.82) is 0 Å². The lowest BCUT2D eigenvalue weighted by Gasteiger charge is -2.37. The summed E-state index contributed by atoms with van der Waals surface area (Å²) >= 11 is 0. The summed E-state index contributed by atoms with van der Waals surface area (Å²) in [5.74, 6) is -1.47. The molecule has 5 N–H and O–H groups in total. The number of aryl methyl sites for hydroxylation is 1. The number of benzene rings is 2. The Kier molecular flexibility index (Phi) is 8.44. The van der Waals surface area contributed by atoms with Crippen molar-refractivity contribution in [1.82, 2.24) is 9.47 Å². The van der Waals surface area contributed by atoms with Crippen LogP contribution in [0.15, 0.2) is 84.2 Å². The summed E-state index contributed by atoms with van der Waals surface area (Å²) in [4.78, 5) is 39.9. The number of allylic oxidation sites excluding steroid dienone is 3. The maximum absolute atomic E-state index is 13.0. The lowest BCUT2D eigenvalue weighted by Crippen LogP contribution is -2.37. The maximum Gasteiger partial charge on any atom is 0.337 e. The van der Waals surface area contributed by atoms with Crippen molar-refractivity contribution in [2.24, 2.45) is 13.0 Å². The van der Waals surface area contributed by atoms with Gasteiger partial charge in [-0.15, -0.1) is 0 Å². The number of carboxylic acid groups (broad SMARTS) is 1. The van der Waals surface area contributed by atoms with Gasteiger partial charge in [-0.25, -0.2) is 4.79 Å². The fraction of sp³-hybridized carbons (Fsp3) is 0.281. The molecule has 1 fully saturated rings. The van der Waals surface area contributed by atoms with Crippen molar-refractivity contribution in [2.45, 2.75) is 32.3 Å². The van der Waals surface area contributed by atoms with Gasteiger partial charge >= 0.3 is 5.97 Å². The number of likely N-dealkylation sites (tertiary alicyclic amines) is 1. The minimum atomic E-state index is -1.13. The highest BCUT2D eigenvalue weighted by Crippen LogP contribution is 2.31. The summed E-state index contributed by atoms with van der Waals surface area (Å²) in [6, 6.07) is 15.2. The number of nitrogens with one attached hydrogen (secondary N) is 3. The van der Waals surface area contributed by atoms with Gasteiger partial charge in [0.1, 0.15) is 5.69 Å². The summed E-state index contributed by atoms with van der Waals surface area (Å²) in [6.07, 6.45) is 7.43.